The molecule has 2 amide bonds. The van der Waals surface area contributed by atoms with Crippen molar-refractivity contribution < 1.29 is 14.1 Å². The molecule has 0 spiro atoms. The van der Waals surface area contributed by atoms with Crippen LogP contribution >= 0.6 is 11.6 Å². The quantitative estimate of drug-likeness (QED) is 0.804. The summed E-state index contributed by atoms with van der Waals surface area (Å²) in [4.78, 5) is 28.5. The lowest BCUT2D eigenvalue weighted by Crippen LogP contribution is -2.58. The van der Waals surface area contributed by atoms with Crippen LogP contribution in [0.25, 0.3) is 0 Å². The maximum absolute atomic E-state index is 12.7. The van der Waals surface area contributed by atoms with Crippen molar-refractivity contribution >= 4 is 23.4 Å². The van der Waals surface area contributed by atoms with Gasteiger partial charge < -0.3 is 14.3 Å². The van der Waals surface area contributed by atoms with Gasteiger partial charge in [-0.2, -0.15) is 0 Å². The zero-order chi connectivity index (χ0) is 18.8. The average molecular weight is 376 g/mol. The van der Waals surface area contributed by atoms with Crippen LogP contribution in [0, 0.1) is 0 Å². The van der Waals surface area contributed by atoms with Gasteiger partial charge in [-0.15, -0.1) is 0 Å². The van der Waals surface area contributed by atoms with Crippen molar-refractivity contribution in [2.45, 2.75) is 45.8 Å². The lowest BCUT2D eigenvalue weighted by Gasteiger charge is -2.38. The smallest absolute Gasteiger partial charge is 0.245 e. The highest BCUT2D eigenvalue weighted by atomic mass is 35.5. The number of piperazine rings is 1. The first-order valence-electron chi connectivity index (χ1n) is 8.64. The van der Waals surface area contributed by atoms with Gasteiger partial charge in [0.25, 0.3) is 0 Å². The zero-order valence-electron chi connectivity index (χ0n) is 15.1. The second-order valence-electron chi connectivity index (χ2n) is 6.86. The van der Waals surface area contributed by atoms with E-state index in [0.29, 0.717) is 17.3 Å². The molecule has 1 aromatic carbocycles. The summed E-state index contributed by atoms with van der Waals surface area (Å²) in [5.74, 6) is 0.776. The van der Waals surface area contributed by atoms with Crippen molar-refractivity contribution in [3.63, 3.8) is 0 Å². The monoisotopic (exact) mass is 375 g/mol. The molecule has 3 rings (SSSR count). The van der Waals surface area contributed by atoms with Crippen LogP contribution in [0.1, 0.15) is 43.7 Å². The van der Waals surface area contributed by atoms with Gasteiger partial charge in [0.1, 0.15) is 24.0 Å². The Balaban J connectivity index is 1.71. The van der Waals surface area contributed by atoms with E-state index in [1.807, 2.05) is 38.1 Å². The molecule has 1 aliphatic heterocycles. The minimum atomic E-state index is -0.557. The van der Waals surface area contributed by atoms with E-state index < -0.39 is 6.04 Å². The second kappa shape index (κ2) is 7.50. The summed E-state index contributed by atoms with van der Waals surface area (Å²) in [5.41, 5.74) is 1.48. The third-order valence-electron chi connectivity index (χ3n) is 4.58. The standard InChI is InChI=1S/C19H22ClN3O3/c1-12(2)17-8-15(21-26-17)10-23-13(3)19(25)22(11-18(23)24)9-14-6-4-5-7-16(14)20/h4-8,12-13H,9-11H2,1-3H3/t13-/m0/s1. The summed E-state index contributed by atoms with van der Waals surface area (Å²) < 4.78 is 5.28. The van der Waals surface area contributed by atoms with Crippen molar-refractivity contribution in [3.05, 3.63) is 52.4 Å². The largest absolute Gasteiger partial charge is 0.361 e. The molecular formula is C19H22ClN3O3. The fourth-order valence-corrected chi connectivity index (χ4v) is 3.18. The Hall–Kier alpha value is -2.34. The highest BCUT2D eigenvalue weighted by molar-refractivity contribution is 6.31. The van der Waals surface area contributed by atoms with Gasteiger partial charge in [0, 0.05) is 23.6 Å². The predicted molar refractivity (Wildman–Crippen MR) is 97.5 cm³/mol. The van der Waals surface area contributed by atoms with Gasteiger partial charge in [-0.3, -0.25) is 9.59 Å². The normalized spacial score (nSPS) is 18.1. The zero-order valence-corrected chi connectivity index (χ0v) is 15.9. The minimum absolute atomic E-state index is 0.0310. The van der Waals surface area contributed by atoms with E-state index >= 15 is 0 Å². The highest BCUT2D eigenvalue weighted by Crippen LogP contribution is 2.22. The Morgan fingerprint density at radius 3 is 2.65 bits per heavy atom. The number of hydrogen-bond donors (Lipinski definition) is 0. The van der Waals surface area contributed by atoms with Crippen LogP contribution in [-0.2, 0) is 22.7 Å². The van der Waals surface area contributed by atoms with E-state index in [2.05, 4.69) is 5.16 Å². The van der Waals surface area contributed by atoms with Crippen molar-refractivity contribution in [3.8, 4) is 0 Å². The molecule has 138 valence electrons. The molecule has 7 heteroatoms. The Labute approximate surface area is 157 Å². The van der Waals surface area contributed by atoms with Gasteiger partial charge in [0.2, 0.25) is 11.8 Å². The fraction of sp³-hybridized carbons (Fsp3) is 0.421. The maximum Gasteiger partial charge on any atom is 0.245 e. The van der Waals surface area contributed by atoms with E-state index in [0.717, 1.165) is 11.3 Å². The Kier molecular flexibility index (Phi) is 5.32. The first kappa shape index (κ1) is 18.5. The van der Waals surface area contributed by atoms with E-state index in [-0.39, 0.29) is 30.8 Å². The molecule has 1 aromatic heterocycles. The molecule has 0 radical (unpaired) electrons. The predicted octanol–water partition coefficient (Wildman–Crippen LogP) is 3.21. The summed E-state index contributed by atoms with van der Waals surface area (Å²) >= 11 is 6.18. The van der Waals surface area contributed by atoms with Crippen molar-refractivity contribution in [2.75, 3.05) is 6.54 Å². The summed E-state index contributed by atoms with van der Waals surface area (Å²) in [6.07, 6.45) is 0. The van der Waals surface area contributed by atoms with E-state index in [1.54, 1.807) is 22.8 Å². The van der Waals surface area contributed by atoms with E-state index in [4.69, 9.17) is 16.1 Å². The van der Waals surface area contributed by atoms with Gasteiger partial charge in [0.05, 0.1) is 6.54 Å². The third kappa shape index (κ3) is 3.75. The number of benzene rings is 1. The first-order chi connectivity index (χ1) is 12.4. The van der Waals surface area contributed by atoms with Crippen LogP contribution in [0.4, 0.5) is 0 Å². The topological polar surface area (TPSA) is 66.7 Å². The molecule has 6 nitrogen and oxygen atoms in total. The number of nitrogens with zero attached hydrogens (tertiary/aromatic N) is 3. The van der Waals surface area contributed by atoms with Crippen LogP contribution in [0.3, 0.4) is 0 Å². The van der Waals surface area contributed by atoms with Crippen LogP contribution in [0.2, 0.25) is 5.02 Å². The highest BCUT2D eigenvalue weighted by Gasteiger charge is 2.37. The Morgan fingerprint density at radius 2 is 2.00 bits per heavy atom. The van der Waals surface area contributed by atoms with Crippen molar-refractivity contribution in [2.24, 2.45) is 0 Å². The number of amides is 2. The van der Waals surface area contributed by atoms with Crippen LogP contribution in [0.5, 0.6) is 0 Å². The van der Waals surface area contributed by atoms with Gasteiger partial charge in [-0.1, -0.05) is 48.8 Å². The number of aromatic nitrogens is 1. The molecule has 2 aromatic rings. The molecule has 2 heterocycles. The molecule has 1 saturated heterocycles. The number of carbonyl (C=O) groups is 2. The van der Waals surface area contributed by atoms with Crippen LogP contribution < -0.4 is 0 Å². The van der Waals surface area contributed by atoms with Crippen molar-refractivity contribution in [1.29, 1.82) is 0 Å². The fourth-order valence-electron chi connectivity index (χ4n) is 2.99. The molecule has 1 fully saturated rings. The summed E-state index contributed by atoms with van der Waals surface area (Å²) in [7, 11) is 0. The van der Waals surface area contributed by atoms with Crippen molar-refractivity contribution in [1.82, 2.24) is 15.0 Å². The molecule has 0 aliphatic carbocycles. The molecule has 0 bridgehead atoms. The molecule has 1 atom stereocenters. The summed E-state index contributed by atoms with van der Waals surface area (Å²) in [6, 6.07) is 8.62. The Morgan fingerprint density at radius 1 is 1.27 bits per heavy atom. The molecule has 26 heavy (non-hydrogen) atoms. The third-order valence-corrected chi connectivity index (χ3v) is 4.95. The number of hydrogen-bond acceptors (Lipinski definition) is 4. The lowest BCUT2D eigenvalue weighted by atomic mass is 10.1. The Bertz CT molecular complexity index is 818. The number of rotatable bonds is 5. The first-order valence-corrected chi connectivity index (χ1v) is 9.01. The molecule has 1 aliphatic rings. The average Bonchev–Trinajstić information content (AvgIpc) is 3.07. The second-order valence-corrected chi connectivity index (χ2v) is 7.27. The van der Waals surface area contributed by atoms with E-state index in [9.17, 15) is 9.59 Å². The number of carbonyl (C=O) groups excluding carboxylic acids is 2. The van der Waals surface area contributed by atoms with Gasteiger partial charge in [-0.05, 0) is 18.6 Å². The molecular weight excluding hydrogens is 354 g/mol. The van der Waals surface area contributed by atoms with Gasteiger partial charge in [-0.25, -0.2) is 0 Å². The summed E-state index contributed by atoms with van der Waals surface area (Å²) in [5, 5.41) is 4.60. The number of halogens is 1. The van der Waals surface area contributed by atoms with E-state index in [1.165, 1.54) is 0 Å². The minimum Gasteiger partial charge on any atom is -0.361 e. The molecule has 0 unspecified atom stereocenters. The summed E-state index contributed by atoms with van der Waals surface area (Å²) in [6.45, 7) is 6.38. The lowest BCUT2D eigenvalue weighted by molar-refractivity contribution is -0.156. The van der Waals surface area contributed by atoms with Crippen LogP contribution in [0.15, 0.2) is 34.9 Å². The van der Waals surface area contributed by atoms with Crippen LogP contribution in [-0.4, -0.2) is 39.4 Å². The van der Waals surface area contributed by atoms with Gasteiger partial charge in [0.15, 0.2) is 0 Å². The van der Waals surface area contributed by atoms with Gasteiger partial charge >= 0.3 is 0 Å². The molecule has 0 N–H and O–H groups in total. The maximum atomic E-state index is 12.7. The molecule has 0 saturated carbocycles. The SMILES string of the molecule is CC(C)c1cc(CN2C(=O)CN(Cc3ccccc3Cl)C(=O)[C@@H]2C)no1.